The Balaban J connectivity index is 2.06. The summed E-state index contributed by atoms with van der Waals surface area (Å²) in [5.74, 6) is 0.429. The molecule has 1 fully saturated rings. The van der Waals surface area contributed by atoms with Gasteiger partial charge in [0.15, 0.2) is 0 Å². The molecule has 1 saturated heterocycles. The number of amides is 1. The van der Waals surface area contributed by atoms with Crippen LogP contribution in [-0.4, -0.2) is 35.1 Å². The highest BCUT2D eigenvalue weighted by Crippen LogP contribution is 2.14. The van der Waals surface area contributed by atoms with Gasteiger partial charge in [-0.3, -0.25) is 4.79 Å². The predicted molar refractivity (Wildman–Crippen MR) is 57.9 cm³/mol. The minimum Gasteiger partial charge on any atom is -0.389 e. The molecule has 1 aliphatic rings. The molecule has 0 radical (unpaired) electrons. The van der Waals surface area contributed by atoms with E-state index in [9.17, 15) is 4.79 Å². The first-order chi connectivity index (χ1) is 7.20. The minimum absolute atomic E-state index is 0.0265. The molecule has 0 saturated carbocycles. The van der Waals surface area contributed by atoms with Crippen LogP contribution in [0.4, 0.5) is 0 Å². The molecule has 15 heavy (non-hydrogen) atoms. The highest BCUT2D eigenvalue weighted by molar-refractivity contribution is 6.17. The highest BCUT2D eigenvalue weighted by atomic mass is 35.5. The van der Waals surface area contributed by atoms with E-state index < -0.39 is 0 Å². The number of hydrogen-bond acceptors (Lipinski definition) is 2. The molecule has 1 aromatic carbocycles. The van der Waals surface area contributed by atoms with Crippen molar-refractivity contribution in [2.75, 3.05) is 13.1 Å². The van der Waals surface area contributed by atoms with E-state index in [1.54, 1.807) is 17.0 Å². The van der Waals surface area contributed by atoms with E-state index in [1.807, 2.05) is 12.1 Å². The average molecular weight is 226 g/mol. The number of β-amino-alcohol motifs (C(OH)–C–C–N with tert-alkyl or cyclic N) is 1. The van der Waals surface area contributed by atoms with Crippen LogP contribution >= 0.6 is 11.6 Å². The standard InChI is InChI=1S/C11H12ClNO2/c12-5-8-1-3-9(4-2-8)11(15)13-6-10(14)7-13/h1-4,10,14H,5-7H2. The van der Waals surface area contributed by atoms with Crippen molar-refractivity contribution in [2.45, 2.75) is 12.0 Å². The molecule has 0 spiro atoms. The first-order valence-electron chi connectivity index (χ1n) is 4.83. The molecule has 1 aromatic rings. The Labute approximate surface area is 93.3 Å². The molecular formula is C11H12ClNO2. The molecule has 1 heterocycles. The van der Waals surface area contributed by atoms with Crippen molar-refractivity contribution >= 4 is 17.5 Å². The fraction of sp³-hybridized carbons (Fsp3) is 0.364. The van der Waals surface area contributed by atoms with E-state index >= 15 is 0 Å². The zero-order valence-corrected chi connectivity index (χ0v) is 8.94. The summed E-state index contributed by atoms with van der Waals surface area (Å²) in [5.41, 5.74) is 1.65. The number of carbonyl (C=O) groups is 1. The molecule has 4 heteroatoms. The number of halogens is 1. The van der Waals surface area contributed by atoms with Gasteiger partial charge in [0.25, 0.3) is 5.91 Å². The number of aliphatic hydroxyl groups is 1. The second-order valence-electron chi connectivity index (χ2n) is 3.69. The van der Waals surface area contributed by atoms with Gasteiger partial charge in [0, 0.05) is 24.5 Å². The molecule has 1 aliphatic heterocycles. The van der Waals surface area contributed by atoms with Crippen molar-refractivity contribution in [3.63, 3.8) is 0 Å². The Hall–Kier alpha value is -1.06. The first kappa shape index (κ1) is 10.5. The normalized spacial score (nSPS) is 16.3. The van der Waals surface area contributed by atoms with E-state index in [-0.39, 0.29) is 12.0 Å². The van der Waals surface area contributed by atoms with E-state index in [4.69, 9.17) is 16.7 Å². The third-order valence-electron chi connectivity index (χ3n) is 2.50. The van der Waals surface area contributed by atoms with E-state index in [2.05, 4.69) is 0 Å². The highest BCUT2D eigenvalue weighted by Gasteiger charge is 2.29. The molecule has 0 aromatic heterocycles. The smallest absolute Gasteiger partial charge is 0.254 e. The van der Waals surface area contributed by atoms with Crippen molar-refractivity contribution in [1.29, 1.82) is 0 Å². The van der Waals surface area contributed by atoms with Crippen molar-refractivity contribution in [2.24, 2.45) is 0 Å². The molecule has 0 atom stereocenters. The average Bonchev–Trinajstić information content (AvgIpc) is 2.24. The number of likely N-dealkylation sites (tertiary alicyclic amines) is 1. The van der Waals surface area contributed by atoms with Gasteiger partial charge in [0.1, 0.15) is 0 Å². The molecular weight excluding hydrogens is 214 g/mol. The maximum atomic E-state index is 11.8. The van der Waals surface area contributed by atoms with Gasteiger partial charge >= 0.3 is 0 Å². The molecule has 3 nitrogen and oxygen atoms in total. The Bertz CT molecular complexity index is 357. The second kappa shape index (κ2) is 4.21. The van der Waals surface area contributed by atoms with Gasteiger partial charge in [-0.2, -0.15) is 0 Å². The molecule has 0 bridgehead atoms. The number of carbonyl (C=O) groups excluding carboxylic acids is 1. The van der Waals surface area contributed by atoms with Gasteiger partial charge in [-0.1, -0.05) is 12.1 Å². The van der Waals surface area contributed by atoms with Crippen LogP contribution < -0.4 is 0 Å². The summed E-state index contributed by atoms with van der Waals surface area (Å²) in [4.78, 5) is 13.4. The van der Waals surface area contributed by atoms with Crippen LogP contribution in [0.2, 0.25) is 0 Å². The van der Waals surface area contributed by atoms with Crippen LogP contribution in [0.25, 0.3) is 0 Å². The lowest BCUT2D eigenvalue weighted by Crippen LogP contribution is -2.53. The maximum absolute atomic E-state index is 11.8. The van der Waals surface area contributed by atoms with Gasteiger partial charge in [-0.25, -0.2) is 0 Å². The Morgan fingerprint density at radius 1 is 1.40 bits per heavy atom. The summed E-state index contributed by atoms with van der Waals surface area (Å²) in [6, 6.07) is 7.22. The minimum atomic E-state index is -0.351. The Morgan fingerprint density at radius 3 is 2.47 bits per heavy atom. The Morgan fingerprint density at radius 2 is 2.00 bits per heavy atom. The summed E-state index contributed by atoms with van der Waals surface area (Å²) in [5, 5.41) is 9.08. The first-order valence-corrected chi connectivity index (χ1v) is 5.36. The van der Waals surface area contributed by atoms with Gasteiger partial charge < -0.3 is 10.0 Å². The maximum Gasteiger partial charge on any atom is 0.254 e. The second-order valence-corrected chi connectivity index (χ2v) is 3.96. The van der Waals surface area contributed by atoms with Gasteiger partial charge in [0.05, 0.1) is 6.10 Å². The summed E-state index contributed by atoms with van der Waals surface area (Å²) in [6.45, 7) is 0.881. The summed E-state index contributed by atoms with van der Waals surface area (Å²) >= 11 is 5.65. The number of hydrogen-bond donors (Lipinski definition) is 1. The fourth-order valence-corrected chi connectivity index (χ4v) is 1.72. The third kappa shape index (κ3) is 2.13. The van der Waals surface area contributed by atoms with Crippen molar-refractivity contribution < 1.29 is 9.90 Å². The number of rotatable bonds is 2. The predicted octanol–water partition coefficient (Wildman–Crippen LogP) is 1.24. The van der Waals surface area contributed by atoms with Gasteiger partial charge in [0.2, 0.25) is 0 Å². The lowest BCUT2D eigenvalue weighted by atomic mass is 10.1. The summed E-state index contributed by atoms with van der Waals surface area (Å²) < 4.78 is 0. The molecule has 0 aliphatic carbocycles. The number of alkyl halides is 1. The van der Waals surface area contributed by atoms with Gasteiger partial charge in [-0.15, -0.1) is 11.6 Å². The van der Waals surface area contributed by atoms with Crippen molar-refractivity contribution in [3.05, 3.63) is 35.4 Å². The van der Waals surface area contributed by atoms with Crippen LogP contribution in [-0.2, 0) is 5.88 Å². The topological polar surface area (TPSA) is 40.5 Å². The lowest BCUT2D eigenvalue weighted by Gasteiger charge is -2.35. The number of nitrogens with zero attached hydrogens (tertiary/aromatic N) is 1. The SMILES string of the molecule is O=C(c1ccc(CCl)cc1)N1CC(O)C1. The molecule has 80 valence electrons. The van der Waals surface area contributed by atoms with Gasteiger partial charge in [-0.05, 0) is 17.7 Å². The largest absolute Gasteiger partial charge is 0.389 e. The van der Waals surface area contributed by atoms with E-state index in [0.717, 1.165) is 5.56 Å². The molecule has 1 amide bonds. The van der Waals surface area contributed by atoms with E-state index in [0.29, 0.717) is 24.5 Å². The fourth-order valence-electron chi connectivity index (χ4n) is 1.54. The molecule has 1 N–H and O–H groups in total. The van der Waals surface area contributed by atoms with Crippen LogP contribution in [0.5, 0.6) is 0 Å². The quantitative estimate of drug-likeness (QED) is 0.770. The number of benzene rings is 1. The van der Waals surface area contributed by atoms with Crippen molar-refractivity contribution in [3.8, 4) is 0 Å². The van der Waals surface area contributed by atoms with Crippen LogP contribution in [0.3, 0.4) is 0 Å². The lowest BCUT2D eigenvalue weighted by molar-refractivity contribution is 0.00589. The zero-order chi connectivity index (χ0) is 10.8. The Kier molecular flexibility index (Phi) is 2.93. The molecule has 2 rings (SSSR count). The molecule has 0 unspecified atom stereocenters. The van der Waals surface area contributed by atoms with Crippen LogP contribution in [0.1, 0.15) is 15.9 Å². The monoisotopic (exact) mass is 225 g/mol. The summed E-state index contributed by atoms with van der Waals surface area (Å²) in [7, 11) is 0. The van der Waals surface area contributed by atoms with Crippen LogP contribution in [0.15, 0.2) is 24.3 Å². The van der Waals surface area contributed by atoms with Crippen molar-refractivity contribution in [1.82, 2.24) is 4.90 Å². The van der Waals surface area contributed by atoms with E-state index in [1.165, 1.54) is 0 Å². The summed E-state index contributed by atoms with van der Waals surface area (Å²) in [6.07, 6.45) is -0.351. The number of aliphatic hydroxyl groups excluding tert-OH is 1. The zero-order valence-electron chi connectivity index (χ0n) is 8.19. The third-order valence-corrected chi connectivity index (χ3v) is 2.81. The van der Waals surface area contributed by atoms with Crippen LogP contribution in [0, 0.1) is 0 Å².